The van der Waals surface area contributed by atoms with Crippen molar-refractivity contribution in [1.82, 2.24) is 0 Å². The number of rotatable bonds is 8. The van der Waals surface area contributed by atoms with Gasteiger partial charge in [-0.25, -0.2) is 0 Å². The van der Waals surface area contributed by atoms with Crippen LogP contribution in [-0.4, -0.2) is 30.8 Å². The van der Waals surface area contributed by atoms with Crippen molar-refractivity contribution in [2.75, 3.05) is 6.61 Å². The monoisotopic (exact) mass is 278 g/mol. The Kier molecular flexibility index (Phi) is 7.53. The highest BCUT2D eigenvalue weighted by Crippen LogP contribution is 2.21. The molecule has 3 heteroatoms. The second kappa shape index (κ2) is 8.64. The Morgan fingerprint density at radius 2 is 1.53 bits per heavy atom. The molecule has 1 aromatic rings. The molecule has 0 fully saturated rings. The lowest BCUT2D eigenvalue weighted by Crippen LogP contribution is -2.40. The summed E-state index contributed by atoms with van der Waals surface area (Å²) in [7, 11) is 0. The molecule has 106 valence electrons. The van der Waals surface area contributed by atoms with Crippen LogP contribution in [0.4, 0.5) is 0 Å². The van der Waals surface area contributed by atoms with Crippen LogP contribution in [0, 0.1) is 11.8 Å². The first-order valence-corrected chi connectivity index (χ1v) is 9.65. The lowest BCUT2D eigenvalue weighted by Gasteiger charge is -2.25. The van der Waals surface area contributed by atoms with Gasteiger partial charge >= 0.3 is 14.1 Å². The van der Waals surface area contributed by atoms with Crippen molar-refractivity contribution >= 4 is 14.1 Å². The number of benzene rings is 1. The molecule has 0 aliphatic heterocycles. The third-order valence-corrected chi connectivity index (χ3v) is 7.78. The fourth-order valence-electron chi connectivity index (χ4n) is 2.57. The molecule has 0 radical (unpaired) electrons. The van der Waals surface area contributed by atoms with Crippen molar-refractivity contribution in [2.45, 2.75) is 43.2 Å². The molecule has 0 aliphatic carbocycles. The van der Waals surface area contributed by atoms with Crippen molar-refractivity contribution in [3.8, 4) is 5.75 Å². The molecule has 0 spiro atoms. The second-order valence-electron chi connectivity index (χ2n) is 6.17. The van der Waals surface area contributed by atoms with Crippen LogP contribution in [0.15, 0.2) is 30.3 Å². The molecule has 0 saturated heterocycles. The van der Waals surface area contributed by atoms with E-state index in [2.05, 4.69) is 27.7 Å². The number of ether oxygens (including phenoxy) is 1. The van der Waals surface area contributed by atoms with Crippen molar-refractivity contribution in [1.29, 1.82) is 0 Å². The van der Waals surface area contributed by atoms with Crippen LogP contribution >= 0.6 is 0 Å². The van der Waals surface area contributed by atoms with E-state index in [4.69, 9.17) is 4.74 Å². The van der Waals surface area contributed by atoms with E-state index in [1.54, 1.807) is 0 Å². The summed E-state index contributed by atoms with van der Waals surface area (Å²) >= 11 is -1.11. The smallest absolute Gasteiger partial charge is 0.329 e. The van der Waals surface area contributed by atoms with E-state index in [1.165, 1.54) is 10.6 Å². The maximum atomic E-state index is 9.69. The van der Waals surface area contributed by atoms with E-state index in [9.17, 15) is 5.11 Å². The normalized spacial score (nSPS) is 12.8. The molecule has 1 aromatic carbocycles. The average molecular weight is 278 g/mol. The molecule has 0 aliphatic rings. The summed E-state index contributed by atoms with van der Waals surface area (Å²) in [5.41, 5.74) is 0. The Morgan fingerprint density at radius 1 is 1.00 bits per heavy atom. The van der Waals surface area contributed by atoms with E-state index in [1.807, 2.05) is 30.3 Å². The second-order valence-corrected chi connectivity index (χ2v) is 9.38. The van der Waals surface area contributed by atoms with Crippen LogP contribution < -0.4 is 4.74 Å². The molecule has 1 rings (SSSR count). The molecule has 1 atom stereocenters. The Balaban J connectivity index is 2.71. The number of hydrogen-bond donors (Lipinski definition) is 1. The summed E-state index contributed by atoms with van der Waals surface area (Å²) in [5, 5.41) is 12.2. The molecule has 1 N–H and O–H groups in total. The zero-order valence-electron chi connectivity index (χ0n) is 12.7. The summed E-state index contributed by atoms with van der Waals surface area (Å²) in [6, 6.07) is 9.88. The van der Waals surface area contributed by atoms with Crippen molar-refractivity contribution < 1.29 is 9.84 Å². The number of para-hydroxylation sites is 1. The van der Waals surface area contributed by atoms with Crippen LogP contribution in [-0.2, 0) is 0 Å². The maximum absolute atomic E-state index is 9.69. The van der Waals surface area contributed by atoms with Gasteiger partial charge in [0.05, 0.1) is 11.6 Å². The molecule has 19 heavy (non-hydrogen) atoms. The fourth-order valence-corrected chi connectivity index (χ4v) is 6.44. The van der Waals surface area contributed by atoms with Gasteiger partial charge in [0.2, 0.25) is 0 Å². The van der Waals surface area contributed by atoms with Crippen molar-refractivity contribution in [2.24, 2.45) is 11.8 Å². The van der Waals surface area contributed by atoms with Gasteiger partial charge in [0, 0.05) is 0 Å². The third kappa shape index (κ3) is 6.47. The van der Waals surface area contributed by atoms with Crippen LogP contribution in [0.3, 0.4) is 0 Å². The number of hydrogen-bond acceptors (Lipinski definition) is 2. The quantitative estimate of drug-likeness (QED) is 0.733. The minimum Gasteiger partial charge on any atom is -0.504 e. The van der Waals surface area contributed by atoms with Crippen LogP contribution in [0.25, 0.3) is 0 Å². The molecule has 0 bridgehead atoms. The molecule has 0 amide bonds. The SMILES string of the molecule is CC(C)[CH2][Al]([CH2]C(C)C)[CH](CO)Oc1ccccc1. The van der Waals surface area contributed by atoms with Crippen LogP contribution in [0.2, 0.25) is 10.6 Å². The van der Waals surface area contributed by atoms with Crippen molar-refractivity contribution in [3.05, 3.63) is 30.3 Å². The summed E-state index contributed by atoms with van der Waals surface area (Å²) in [6.45, 7) is 9.19. The Labute approximate surface area is 122 Å². The summed E-state index contributed by atoms with van der Waals surface area (Å²) in [4.78, 5) is 0.0344. The average Bonchev–Trinajstić information content (AvgIpc) is 2.35. The van der Waals surface area contributed by atoms with E-state index in [0.29, 0.717) is 11.8 Å². The van der Waals surface area contributed by atoms with Gasteiger partial charge < -0.3 is 9.84 Å². The van der Waals surface area contributed by atoms with Gasteiger partial charge in [-0.15, -0.1) is 0 Å². The molecular weight excluding hydrogens is 251 g/mol. The first-order chi connectivity index (χ1) is 9.02. The molecule has 2 nitrogen and oxygen atoms in total. The van der Waals surface area contributed by atoms with Gasteiger partial charge in [-0.05, 0) is 12.1 Å². The number of aliphatic hydroxyl groups excluding tert-OH is 1. The standard InChI is InChI=1S/C8H9O2.2C4H9.Al/c9-6-7-10-8-4-2-1-3-5-8;2*1-4(2)3;/h1-5,7,9H,6H2;2*4H,1H2,2-3H3;. The fraction of sp³-hybridized carbons (Fsp3) is 0.625. The minimum absolute atomic E-state index is 0.0344. The molecule has 0 heterocycles. The lowest BCUT2D eigenvalue weighted by molar-refractivity contribution is 0.165. The van der Waals surface area contributed by atoms with Gasteiger partial charge in [0.15, 0.2) is 0 Å². The highest BCUT2D eigenvalue weighted by atomic mass is 27.2. The molecule has 1 unspecified atom stereocenters. The van der Waals surface area contributed by atoms with Gasteiger partial charge in [-0.2, -0.15) is 0 Å². The summed E-state index contributed by atoms with van der Waals surface area (Å²) in [6.07, 6.45) is 0. The first kappa shape index (κ1) is 16.6. The summed E-state index contributed by atoms with van der Waals surface area (Å²) in [5.74, 6) is 2.25. The molecule has 0 aromatic heterocycles. The van der Waals surface area contributed by atoms with Gasteiger partial charge in [-0.1, -0.05) is 68.3 Å². The zero-order chi connectivity index (χ0) is 14.3. The van der Waals surface area contributed by atoms with Crippen LogP contribution in [0.5, 0.6) is 5.75 Å². The lowest BCUT2D eigenvalue weighted by atomic mass is 10.3. The topological polar surface area (TPSA) is 29.5 Å². The minimum atomic E-state index is -1.11. The predicted octanol–water partition coefficient (Wildman–Crippen LogP) is 3.77. The van der Waals surface area contributed by atoms with Gasteiger partial charge in [-0.3, -0.25) is 0 Å². The van der Waals surface area contributed by atoms with E-state index in [-0.39, 0.29) is 11.6 Å². The Hall–Kier alpha value is -0.488. The molecular formula is C16H27AlO2. The summed E-state index contributed by atoms with van der Waals surface area (Å²) < 4.78 is 6.04. The van der Waals surface area contributed by atoms with Gasteiger partial charge in [0.25, 0.3) is 0 Å². The third-order valence-electron chi connectivity index (χ3n) is 3.28. The van der Waals surface area contributed by atoms with Gasteiger partial charge in [0.1, 0.15) is 5.75 Å². The first-order valence-electron chi connectivity index (χ1n) is 7.35. The van der Waals surface area contributed by atoms with Crippen LogP contribution in [0.1, 0.15) is 27.7 Å². The Bertz CT molecular complexity index is 328. The maximum Gasteiger partial charge on any atom is 0.329 e. The highest BCUT2D eigenvalue weighted by Gasteiger charge is 2.31. The largest absolute Gasteiger partial charge is 0.504 e. The highest BCUT2D eigenvalue weighted by molar-refractivity contribution is 6.60. The van der Waals surface area contributed by atoms with Crippen molar-refractivity contribution in [3.63, 3.8) is 0 Å². The van der Waals surface area contributed by atoms with E-state index >= 15 is 0 Å². The Morgan fingerprint density at radius 3 is 1.95 bits per heavy atom. The zero-order valence-corrected chi connectivity index (χ0v) is 13.8. The van der Waals surface area contributed by atoms with E-state index in [0.717, 1.165) is 5.75 Å². The predicted molar refractivity (Wildman–Crippen MR) is 83.0 cm³/mol. The number of aliphatic hydroxyl groups is 1. The van der Waals surface area contributed by atoms with E-state index < -0.39 is 14.1 Å². The molecule has 0 saturated carbocycles.